The maximum absolute atomic E-state index is 13.1. The third-order valence-corrected chi connectivity index (χ3v) is 6.03. The number of likely N-dealkylation sites (tertiary alicyclic amines) is 1. The lowest BCUT2D eigenvalue weighted by molar-refractivity contribution is -0.151. The van der Waals surface area contributed by atoms with E-state index < -0.39 is 24.0 Å². The summed E-state index contributed by atoms with van der Waals surface area (Å²) in [6.45, 7) is 4.21. The van der Waals surface area contributed by atoms with Gasteiger partial charge in [0.2, 0.25) is 5.91 Å². The summed E-state index contributed by atoms with van der Waals surface area (Å²) in [6, 6.07) is 8.36. The number of nitrogens with zero attached hydrogens (tertiary/aromatic N) is 2. The molecule has 2 aromatic rings. The zero-order chi connectivity index (χ0) is 21.0. The number of carbonyl (C=O) groups excluding carboxylic acids is 3. The molecule has 3 rings (SSSR count). The number of carbonyl (C=O) groups is 3. The standard InChI is InChI=1S/C21H25N3O4S/c1-13(2)17(20(26)24-11-7-10-15(24)21(27)28-3)23-18(25)19-22-12-16(29-19)14-8-5-4-6-9-14/h4-6,8-9,12-13,15,17H,7,10-11H2,1-3H3,(H,23,25)/t15-,17?/m0/s1. The van der Waals surface area contributed by atoms with Crippen molar-refractivity contribution < 1.29 is 19.1 Å². The van der Waals surface area contributed by atoms with Gasteiger partial charge >= 0.3 is 5.97 Å². The van der Waals surface area contributed by atoms with Gasteiger partial charge in [-0.15, -0.1) is 11.3 Å². The van der Waals surface area contributed by atoms with E-state index in [0.29, 0.717) is 18.0 Å². The predicted octanol–water partition coefficient (Wildman–Crippen LogP) is 2.73. The quantitative estimate of drug-likeness (QED) is 0.733. The van der Waals surface area contributed by atoms with Crippen LogP contribution in [0.25, 0.3) is 10.4 Å². The van der Waals surface area contributed by atoms with E-state index in [1.165, 1.54) is 23.3 Å². The van der Waals surface area contributed by atoms with Crippen molar-refractivity contribution in [3.63, 3.8) is 0 Å². The number of aromatic nitrogens is 1. The fraction of sp³-hybridized carbons (Fsp3) is 0.429. The lowest BCUT2D eigenvalue weighted by atomic mass is 10.0. The molecule has 1 unspecified atom stereocenters. The molecule has 2 atom stereocenters. The molecule has 154 valence electrons. The number of nitrogens with one attached hydrogen (secondary N) is 1. The van der Waals surface area contributed by atoms with Gasteiger partial charge in [0, 0.05) is 12.7 Å². The Bertz CT molecular complexity index is 881. The van der Waals surface area contributed by atoms with Crippen molar-refractivity contribution in [1.82, 2.24) is 15.2 Å². The largest absolute Gasteiger partial charge is 0.467 e. The van der Waals surface area contributed by atoms with Gasteiger partial charge in [0.15, 0.2) is 5.01 Å². The molecule has 0 bridgehead atoms. The number of hydrogen-bond donors (Lipinski definition) is 1. The summed E-state index contributed by atoms with van der Waals surface area (Å²) in [5.41, 5.74) is 0.985. The third kappa shape index (κ3) is 4.64. The van der Waals surface area contributed by atoms with Crippen molar-refractivity contribution in [1.29, 1.82) is 0 Å². The summed E-state index contributed by atoms with van der Waals surface area (Å²) in [5, 5.41) is 3.12. The molecular weight excluding hydrogens is 390 g/mol. The molecule has 29 heavy (non-hydrogen) atoms. The summed E-state index contributed by atoms with van der Waals surface area (Å²) in [6.07, 6.45) is 2.97. The molecule has 1 N–H and O–H groups in total. The zero-order valence-corrected chi connectivity index (χ0v) is 17.6. The Balaban J connectivity index is 1.74. The summed E-state index contributed by atoms with van der Waals surface area (Å²) in [7, 11) is 1.32. The Hall–Kier alpha value is -2.74. The first kappa shape index (κ1) is 21.0. The van der Waals surface area contributed by atoms with E-state index in [0.717, 1.165) is 16.9 Å². The van der Waals surface area contributed by atoms with Crippen molar-refractivity contribution in [2.24, 2.45) is 5.92 Å². The second kappa shape index (κ2) is 9.17. The van der Waals surface area contributed by atoms with Crippen LogP contribution < -0.4 is 5.32 Å². The minimum absolute atomic E-state index is 0.140. The van der Waals surface area contributed by atoms with Crippen LogP contribution in [0.3, 0.4) is 0 Å². The Morgan fingerprint density at radius 1 is 1.24 bits per heavy atom. The normalized spacial score (nSPS) is 17.2. The van der Waals surface area contributed by atoms with Crippen molar-refractivity contribution in [3.8, 4) is 10.4 Å². The number of rotatable bonds is 6. The number of benzene rings is 1. The van der Waals surface area contributed by atoms with Crippen LogP contribution in [0.5, 0.6) is 0 Å². The highest BCUT2D eigenvalue weighted by atomic mass is 32.1. The van der Waals surface area contributed by atoms with E-state index in [-0.39, 0.29) is 11.8 Å². The van der Waals surface area contributed by atoms with Gasteiger partial charge in [-0.05, 0) is 24.3 Å². The highest BCUT2D eigenvalue weighted by Gasteiger charge is 2.39. The monoisotopic (exact) mass is 415 g/mol. The predicted molar refractivity (Wildman–Crippen MR) is 110 cm³/mol. The molecular formula is C21H25N3O4S. The van der Waals surface area contributed by atoms with Gasteiger partial charge in [-0.3, -0.25) is 9.59 Å². The van der Waals surface area contributed by atoms with Crippen LogP contribution in [-0.4, -0.2) is 53.4 Å². The van der Waals surface area contributed by atoms with E-state index in [9.17, 15) is 14.4 Å². The van der Waals surface area contributed by atoms with Crippen LogP contribution in [0.1, 0.15) is 36.5 Å². The van der Waals surface area contributed by atoms with Crippen molar-refractivity contribution in [3.05, 3.63) is 41.5 Å². The zero-order valence-electron chi connectivity index (χ0n) is 16.8. The number of methoxy groups -OCH3 is 1. The SMILES string of the molecule is COC(=O)[C@@H]1CCCN1C(=O)C(NC(=O)c1ncc(-c2ccccc2)s1)C(C)C. The van der Waals surface area contributed by atoms with Gasteiger partial charge in [0.25, 0.3) is 5.91 Å². The second-order valence-electron chi connectivity index (χ2n) is 7.30. The molecule has 8 heteroatoms. The number of amides is 2. The summed E-state index contributed by atoms with van der Waals surface area (Å²) in [4.78, 5) is 44.5. The summed E-state index contributed by atoms with van der Waals surface area (Å²) < 4.78 is 4.82. The van der Waals surface area contributed by atoms with Gasteiger partial charge in [-0.2, -0.15) is 0 Å². The van der Waals surface area contributed by atoms with Crippen LogP contribution in [0.2, 0.25) is 0 Å². The van der Waals surface area contributed by atoms with E-state index in [2.05, 4.69) is 10.3 Å². The number of hydrogen-bond acceptors (Lipinski definition) is 6. The Kier molecular flexibility index (Phi) is 6.64. The fourth-order valence-corrected chi connectivity index (χ4v) is 4.25. The van der Waals surface area contributed by atoms with Crippen LogP contribution in [-0.2, 0) is 14.3 Å². The second-order valence-corrected chi connectivity index (χ2v) is 8.33. The molecule has 0 radical (unpaired) electrons. The van der Waals surface area contributed by atoms with E-state index in [1.54, 1.807) is 6.20 Å². The van der Waals surface area contributed by atoms with Gasteiger partial charge in [-0.1, -0.05) is 44.2 Å². The topological polar surface area (TPSA) is 88.6 Å². The van der Waals surface area contributed by atoms with E-state index in [1.807, 2.05) is 44.2 Å². The van der Waals surface area contributed by atoms with Crippen LogP contribution in [0.4, 0.5) is 0 Å². The molecule has 0 spiro atoms. The van der Waals surface area contributed by atoms with Crippen LogP contribution in [0.15, 0.2) is 36.5 Å². The number of esters is 1. The van der Waals surface area contributed by atoms with Gasteiger partial charge < -0.3 is 15.0 Å². The molecule has 1 aromatic heterocycles. The Labute approximate surface area is 174 Å². The number of ether oxygens (including phenoxy) is 1. The van der Waals surface area contributed by atoms with Crippen molar-refractivity contribution >= 4 is 29.1 Å². The molecule has 2 amide bonds. The van der Waals surface area contributed by atoms with Gasteiger partial charge in [0.1, 0.15) is 12.1 Å². The molecule has 0 aliphatic carbocycles. The Morgan fingerprint density at radius 2 is 1.97 bits per heavy atom. The first-order valence-corrected chi connectivity index (χ1v) is 10.4. The highest BCUT2D eigenvalue weighted by molar-refractivity contribution is 7.17. The smallest absolute Gasteiger partial charge is 0.328 e. The third-order valence-electron chi connectivity index (χ3n) is 4.99. The molecule has 0 saturated carbocycles. The maximum Gasteiger partial charge on any atom is 0.328 e. The average molecular weight is 416 g/mol. The average Bonchev–Trinajstić information content (AvgIpc) is 3.41. The molecule has 7 nitrogen and oxygen atoms in total. The van der Waals surface area contributed by atoms with Crippen molar-refractivity contribution in [2.45, 2.75) is 38.8 Å². The molecule has 1 aromatic carbocycles. The molecule has 1 aliphatic rings. The fourth-order valence-electron chi connectivity index (χ4n) is 3.42. The minimum atomic E-state index is -0.739. The lowest BCUT2D eigenvalue weighted by Crippen LogP contribution is -2.53. The van der Waals surface area contributed by atoms with E-state index in [4.69, 9.17) is 4.74 Å². The van der Waals surface area contributed by atoms with Crippen LogP contribution >= 0.6 is 11.3 Å². The van der Waals surface area contributed by atoms with E-state index >= 15 is 0 Å². The van der Waals surface area contributed by atoms with Gasteiger partial charge in [-0.25, -0.2) is 9.78 Å². The van der Waals surface area contributed by atoms with Crippen molar-refractivity contribution in [2.75, 3.05) is 13.7 Å². The van der Waals surface area contributed by atoms with Gasteiger partial charge in [0.05, 0.1) is 12.0 Å². The Morgan fingerprint density at radius 3 is 2.62 bits per heavy atom. The lowest BCUT2D eigenvalue weighted by Gasteiger charge is -2.29. The minimum Gasteiger partial charge on any atom is -0.467 e. The first-order chi connectivity index (χ1) is 13.9. The number of thiazole rings is 1. The summed E-state index contributed by atoms with van der Waals surface area (Å²) in [5.74, 6) is -1.21. The molecule has 1 fully saturated rings. The summed E-state index contributed by atoms with van der Waals surface area (Å²) >= 11 is 1.28. The molecule has 1 saturated heterocycles. The highest BCUT2D eigenvalue weighted by Crippen LogP contribution is 2.26. The van der Waals surface area contributed by atoms with Crippen LogP contribution in [0, 0.1) is 5.92 Å². The maximum atomic E-state index is 13.1. The molecule has 2 heterocycles. The molecule has 1 aliphatic heterocycles. The first-order valence-electron chi connectivity index (χ1n) is 9.62.